The molecule has 24 heteroatoms. The Labute approximate surface area is 363 Å². The summed E-state index contributed by atoms with van der Waals surface area (Å²) in [7, 11) is 1.80. The lowest BCUT2D eigenvalue weighted by Crippen LogP contribution is -2.63. The van der Waals surface area contributed by atoms with Crippen LogP contribution in [-0.4, -0.2) is 139 Å². The molecule has 0 aromatic heterocycles. The van der Waals surface area contributed by atoms with Crippen LogP contribution in [0.3, 0.4) is 0 Å². The van der Waals surface area contributed by atoms with Gasteiger partial charge in [0.2, 0.25) is 23.7 Å². The van der Waals surface area contributed by atoms with Crippen LogP contribution in [0, 0.1) is 32.1 Å². The third-order valence-corrected chi connectivity index (χ3v) is 12.6. The van der Waals surface area contributed by atoms with E-state index in [0.29, 0.717) is 42.0 Å². The Kier molecular flexibility index (Phi) is 14.3. The average molecular weight is 896 g/mol. The zero-order valence-corrected chi connectivity index (χ0v) is 35.0. The summed E-state index contributed by atoms with van der Waals surface area (Å²) in [5.74, 6) is -3.88. The predicted octanol–water partition coefficient (Wildman–Crippen LogP) is 1.69. The van der Waals surface area contributed by atoms with Gasteiger partial charge >= 0.3 is 18.2 Å². The number of thioether (sulfide) groups is 1. The van der Waals surface area contributed by atoms with Gasteiger partial charge < -0.3 is 40.1 Å². The van der Waals surface area contributed by atoms with Gasteiger partial charge in [0.15, 0.2) is 0 Å². The van der Waals surface area contributed by atoms with E-state index in [-0.39, 0.29) is 53.9 Å². The van der Waals surface area contributed by atoms with Gasteiger partial charge in [0.25, 0.3) is 11.4 Å². The number of guanidine groups is 1. The molecule has 3 saturated heterocycles. The molecule has 3 fully saturated rings. The van der Waals surface area contributed by atoms with E-state index in [2.05, 4.69) is 20.9 Å². The van der Waals surface area contributed by atoms with Crippen molar-refractivity contribution < 1.29 is 58.3 Å². The van der Waals surface area contributed by atoms with E-state index >= 15 is 0 Å². The second-order valence-electron chi connectivity index (χ2n) is 15.5. The van der Waals surface area contributed by atoms with Gasteiger partial charge in [-0.15, -0.1) is 16.8 Å². The van der Waals surface area contributed by atoms with Crippen molar-refractivity contribution >= 4 is 65.0 Å². The molecule has 4 aliphatic rings. The Bertz CT molecular complexity index is 2220. The van der Waals surface area contributed by atoms with E-state index in [4.69, 9.17) is 9.47 Å². The highest BCUT2D eigenvalue weighted by Gasteiger charge is 2.60. The van der Waals surface area contributed by atoms with E-state index in [1.54, 1.807) is 11.9 Å². The molecule has 7 atom stereocenters. The first-order valence-corrected chi connectivity index (χ1v) is 20.6. The van der Waals surface area contributed by atoms with Crippen LogP contribution in [0.4, 0.5) is 21.0 Å². The largest absolute Gasteiger partial charge is 0.477 e. The summed E-state index contributed by atoms with van der Waals surface area (Å²) < 4.78 is 10.3. The molecule has 0 spiro atoms. The number of benzene rings is 2. The zero-order valence-electron chi connectivity index (χ0n) is 34.2. The first kappa shape index (κ1) is 45.9. The molecule has 4 aliphatic heterocycles. The van der Waals surface area contributed by atoms with Gasteiger partial charge in [0.1, 0.15) is 18.9 Å². The van der Waals surface area contributed by atoms with E-state index in [1.165, 1.54) is 72.1 Å². The van der Waals surface area contributed by atoms with Crippen LogP contribution in [0.5, 0.6) is 0 Å². The minimum Gasteiger partial charge on any atom is -0.477 e. The third-order valence-electron chi connectivity index (χ3n) is 11.1. The molecule has 2 aromatic rings. The van der Waals surface area contributed by atoms with E-state index in [0.717, 1.165) is 0 Å². The topological polar surface area (TPSA) is 306 Å². The maximum absolute atomic E-state index is 13.8. The SMILES string of the molecule is C[C@@H](O)[C@H]1C(=O)N2C(C(=O)O)=C(S[C@H]3C[C@@H](C(=O)N4CC[C@H](NC(=O)CNC(=NC(=O)OCc5ccc([N+](=O)[O-])cc5)NC(=O)OCc5ccc([N+](=O)[O-])cc5)C4)N(C)C3)[C@H](C)[C@H]12. The number of nitro groups is 2. The van der Waals surface area contributed by atoms with Crippen molar-refractivity contribution in [3.63, 3.8) is 0 Å². The molecule has 5 amide bonds. The van der Waals surface area contributed by atoms with Crippen molar-refractivity contribution in [3.8, 4) is 0 Å². The maximum Gasteiger partial charge on any atom is 0.437 e. The van der Waals surface area contributed by atoms with Gasteiger partial charge in [0, 0.05) is 66.0 Å². The average Bonchev–Trinajstić information content (AvgIpc) is 3.92. The monoisotopic (exact) mass is 895 g/mol. The van der Waals surface area contributed by atoms with Crippen LogP contribution in [-0.2, 0) is 41.9 Å². The number of nitrogens with one attached hydrogen (secondary N) is 3. The van der Waals surface area contributed by atoms with Crippen LogP contribution in [0.2, 0.25) is 0 Å². The summed E-state index contributed by atoms with van der Waals surface area (Å²) in [6.45, 7) is 3.24. The molecule has 5 N–H and O–H groups in total. The number of β-lactam (4-membered cyclic amide) rings is 1. The molecule has 2 aromatic carbocycles. The number of alkyl carbamates (subject to hydrolysis) is 1. The third kappa shape index (κ3) is 10.7. The molecule has 336 valence electrons. The maximum atomic E-state index is 13.8. The van der Waals surface area contributed by atoms with Crippen molar-refractivity contribution in [2.75, 3.05) is 33.2 Å². The Balaban J connectivity index is 1.01. The molecule has 0 unspecified atom stereocenters. The number of aliphatic imine (C=N–C) groups is 1. The van der Waals surface area contributed by atoms with Crippen LogP contribution >= 0.6 is 11.8 Å². The number of hydrogen-bond donors (Lipinski definition) is 5. The number of nitro benzene ring substituents is 2. The van der Waals surface area contributed by atoms with Crippen LogP contribution in [0.15, 0.2) is 64.1 Å². The van der Waals surface area contributed by atoms with Gasteiger partial charge in [-0.1, -0.05) is 6.92 Å². The number of aliphatic hydroxyl groups excluding tert-OH is 1. The minimum atomic E-state index is -1.22. The number of aliphatic hydroxyl groups is 1. The summed E-state index contributed by atoms with van der Waals surface area (Å²) in [4.78, 5) is 107. The fourth-order valence-electron chi connectivity index (χ4n) is 8.01. The summed E-state index contributed by atoms with van der Waals surface area (Å²) in [6, 6.07) is 9.01. The number of hydrogen-bond acceptors (Lipinski definition) is 15. The van der Waals surface area contributed by atoms with Gasteiger partial charge in [0.05, 0.1) is 40.5 Å². The minimum absolute atomic E-state index is 0.0714. The number of rotatable bonds is 14. The molecule has 23 nitrogen and oxygen atoms in total. The zero-order chi connectivity index (χ0) is 45.7. The number of fused-ring (bicyclic) bond motifs is 1. The normalized spacial score (nSPS) is 23.7. The van der Waals surface area contributed by atoms with Crippen LogP contribution < -0.4 is 16.0 Å². The molecule has 63 heavy (non-hydrogen) atoms. The highest BCUT2D eigenvalue weighted by Crippen LogP contribution is 2.52. The van der Waals surface area contributed by atoms with Crippen molar-refractivity contribution in [1.82, 2.24) is 30.7 Å². The summed E-state index contributed by atoms with van der Waals surface area (Å²) in [5.41, 5.74) is 0.403. The number of carboxylic acids is 1. The van der Waals surface area contributed by atoms with Crippen molar-refractivity contribution in [3.05, 3.63) is 90.5 Å². The Hall–Kier alpha value is -6.66. The second kappa shape index (κ2) is 19.6. The number of carboxylic acid groups (broad SMARTS) is 1. The number of carbonyl (C=O) groups excluding carboxylic acids is 5. The molecule has 0 saturated carbocycles. The molecular formula is C39H45N9O14S. The number of carbonyl (C=O) groups is 6. The van der Waals surface area contributed by atoms with Crippen molar-refractivity contribution in [1.29, 1.82) is 0 Å². The number of likely N-dealkylation sites (N-methyl/N-ethyl adjacent to an activating group) is 1. The highest BCUT2D eigenvalue weighted by atomic mass is 32.2. The summed E-state index contributed by atoms with van der Waals surface area (Å²) in [5, 5.41) is 49.5. The van der Waals surface area contributed by atoms with Crippen molar-refractivity contribution in [2.45, 2.75) is 69.4 Å². The molecule has 6 rings (SSSR count). The van der Waals surface area contributed by atoms with Crippen LogP contribution in [0.25, 0.3) is 0 Å². The smallest absolute Gasteiger partial charge is 0.437 e. The van der Waals surface area contributed by atoms with Crippen molar-refractivity contribution in [2.24, 2.45) is 16.8 Å². The number of ether oxygens (including phenoxy) is 2. The quantitative estimate of drug-likeness (QED) is 0.0592. The summed E-state index contributed by atoms with van der Waals surface area (Å²) in [6.07, 6.45) is -2.38. The Morgan fingerprint density at radius 1 is 0.968 bits per heavy atom. The van der Waals surface area contributed by atoms with E-state index in [1.807, 2.05) is 11.8 Å². The molecule has 0 bridgehead atoms. The lowest BCUT2D eigenvalue weighted by Gasteiger charge is -2.46. The number of likely N-dealkylation sites (tertiary alicyclic amines) is 2. The lowest BCUT2D eigenvalue weighted by molar-refractivity contribution is -0.385. The molecule has 0 aliphatic carbocycles. The molecule has 0 radical (unpaired) electrons. The van der Waals surface area contributed by atoms with Crippen LogP contribution in [0.1, 0.15) is 37.8 Å². The second-order valence-corrected chi connectivity index (χ2v) is 16.8. The van der Waals surface area contributed by atoms with E-state index in [9.17, 15) is 59.2 Å². The first-order valence-electron chi connectivity index (χ1n) is 19.7. The predicted molar refractivity (Wildman–Crippen MR) is 220 cm³/mol. The fraction of sp³-hybridized carbons (Fsp3) is 0.462. The Morgan fingerprint density at radius 2 is 1.57 bits per heavy atom. The number of amides is 5. The van der Waals surface area contributed by atoms with Gasteiger partial charge in [-0.25, -0.2) is 14.4 Å². The fourth-order valence-corrected chi connectivity index (χ4v) is 9.61. The number of aliphatic carboxylic acids is 1. The van der Waals surface area contributed by atoms with Gasteiger partial charge in [-0.05, 0) is 62.2 Å². The first-order chi connectivity index (χ1) is 29.9. The number of non-ortho nitro benzene ring substituents is 2. The number of nitrogens with zero attached hydrogens (tertiary/aromatic N) is 6. The molecular weight excluding hydrogens is 851 g/mol. The van der Waals surface area contributed by atoms with E-state index < -0.39 is 82.5 Å². The lowest BCUT2D eigenvalue weighted by atomic mass is 9.79. The van der Waals surface area contributed by atoms with Gasteiger partial charge in [-0.3, -0.25) is 44.8 Å². The summed E-state index contributed by atoms with van der Waals surface area (Å²) >= 11 is 1.35. The van der Waals surface area contributed by atoms with Gasteiger partial charge in [-0.2, -0.15) is 0 Å². The Morgan fingerprint density at radius 3 is 2.14 bits per heavy atom. The molecule has 4 heterocycles. The standard InChI is InChI=1S/C39H45N9O14S/c1-20-31-30(21(2)49)35(52)46(31)32(36(53)54)33(20)63-27-14-28(44(3)17-27)34(51)45-13-12-24(16-45)41-29(50)15-40-37(42-38(55)61-18-22-4-8-25(9-5-22)47(57)58)43-39(56)62-19-23-6-10-26(11-7-23)48(59)60/h4-11,20-21,24,27-28,30-31,49H,12-19H2,1-3H3,(H,41,50)(H,53,54)(H2,40,42,43,55,56)/t20-,21-,24+,27+,28+,30-,31-/m1/s1. The highest BCUT2D eigenvalue weighted by molar-refractivity contribution is 8.03.